The number of para-hydroxylation sites is 1. The summed E-state index contributed by atoms with van der Waals surface area (Å²) in [5, 5.41) is 2.74. The van der Waals surface area contributed by atoms with Gasteiger partial charge in [-0.2, -0.15) is 0 Å². The molecule has 1 aromatic carbocycles. The highest BCUT2D eigenvalue weighted by Crippen LogP contribution is 2.16. The number of rotatable bonds is 3. The van der Waals surface area contributed by atoms with E-state index in [1.54, 1.807) is 6.07 Å². The topological polar surface area (TPSA) is 39.2 Å². The number of aryl methyl sites for hydroxylation is 1. The van der Waals surface area contributed by atoms with Crippen LogP contribution < -0.4 is 4.74 Å². The summed E-state index contributed by atoms with van der Waals surface area (Å²) in [6.45, 7) is 1.87. The number of hydrogen-bond donors (Lipinski definition) is 0. The standard InChI is InChI=1S/C13H10FNO2S/c1-9-15-10(8-18-9)6-7-13(16)17-12-5-3-2-4-11(12)14/h2-8H,1H3. The fraction of sp³-hybridized carbons (Fsp3) is 0.0769. The van der Waals surface area contributed by atoms with E-state index in [-0.39, 0.29) is 5.75 Å². The van der Waals surface area contributed by atoms with Crippen molar-refractivity contribution in [2.24, 2.45) is 0 Å². The average Bonchev–Trinajstić information content (AvgIpc) is 2.76. The highest BCUT2D eigenvalue weighted by Gasteiger charge is 2.05. The van der Waals surface area contributed by atoms with E-state index < -0.39 is 11.8 Å². The fourth-order valence-corrected chi connectivity index (χ4v) is 1.86. The summed E-state index contributed by atoms with van der Waals surface area (Å²) in [5.41, 5.74) is 0.683. The highest BCUT2D eigenvalue weighted by molar-refractivity contribution is 7.09. The van der Waals surface area contributed by atoms with E-state index in [1.807, 2.05) is 12.3 Å². The molecule has 0 saturated heterocycles. The lowest BCUT2D eigenvalue weighted by atomic mass is 10.3. The number of halogens is 1. The summed E-state index contributed by atoms with van der Waals surface area (Å²) in [6.07, 6.45) is 2.76. The van der Waals surface area contributed by atoms with Crippen molar-refractivity contribution < 1.29 is 13.9 Å². The second kappa shape index (κ2) is 5.55. The first-order chi connectivity index (χ1) is 8.65. The number of carbonyl (C=O) groups excluding carboxylic acids is 1. The van der Waals surface area contributed by atoms with Gasteiger partial charge >= 0.3 is 5.97 Å². The van der Waals surface area contributed by atoms with Crippen LogP contribution in [0, 0.1) is 12.7 Å². The normalized spacial score (nSPS) is 10.8. The highest BCUT2D eigenvalue weighted by atomic mass is 32.1. The van der Waals surface area contributed by atoms with E-state index in [0.29, 0.717) is 5.69 Å². The van der Waals surface area contributed by atoms with E-state index >= 15 is 0 Å². The smallest absolute Gasteiger partial charge is 0.336 e. The minimum atomic E-state index is -0.634. The Balaban J connectivity index is 2.01. The molecule has 18 heavy (non-hydrogen) atoms. The first-order valence-electron chi connectivity index (χ1n) is 5.22. The Bertz CT molecular complexity index is 592. The van der Waals surface area contributed by atoms with Gasteiger partial charge < -0.3 is 4.74 Å². The Morgan fingerprint density at radius 2 is 2.22 bits per heavy atom. The second-order valence-corrected chi connectivity index (χ2v) is 4.54. The molecule has 1 aromatic heterocycles. The average molecular weight is 263 g/mol. The molecular formula is C13H10FNO2S. The van der Waals surface area contributed by atoms with Gasteiger partial charge in [-0.05, 0) is 25.1 Å². The SMILES string of the molecule is Cc1nc(C=CC(=O)Oc2ccccc2F)cs1. The zero-order valence-electron chi connectivity index (χ0n) is 9.59. The molecule has 0 spiro atoms. The van der Waals surface area contributed by atoms with Gasteiger partial charge in [-0.3, -0.25) is 0 Å². The van der Waals surface area contributed by atoms with Gasteiger partial charge in [-0.15, -0.1) is 11.3 Å². The first-order valence-corrected chi connectivity index (χ1v) is 6.09. The maximum Gasteiger partial charge on any atom is 0.336 e. The molecule has 2 aromatic rings. The first kappa shape index (κ1) is 12.4. The van der Waals surface area contributed by atoms with Gasteiger partial charge in [0, 0.05) is 11.5 Å². The van der Waals surface area contributed by atoms with Crippen molar-refractivity contribution in [1.82, 2.24) is 4.98 Å². The van der Waals surface area contributed by atoms with E-state index in [0.717, 1.165) is 5.01 Å². The zero-order chi connectivity index (χ0) is 13.0. The summed E-state index contributed by atoms with van der Waals surface area (Å²) in [4.78, 5) is 15.6. The lowest BCUT2D eigenvalue weighted by Crippen LogP contribution is -2.04. The fourth-order valence-electron chi connectivity index (χ4n) is 1.28. The van der Waals surface area contributed by atoms with Gasteiger partial charge in [0.1, 0.15) is 0 Å². The van der Waals surface area contributed by atoms with Crippen molar-refractivity contribution in [3.8, 4) is 5.75 Å². The van der Waals surface area contributed by atoms with Crippen LogP contribution in [0.25, 0.3) is 6.08 Å². The minimum absolute atomic E-state index is 0.0818. The quantitative estimate of drug-likeness (QED) is 0.485. The molecule has 0 bridgehead atoms. The van der Waals surface area contributed by atoms with Crippen LogP contribution in [0.1, 0.15) is 10.7 Å². The summed E-state index contributed by atoms with van der Waals surface area (Å²) in [6, 6.07) is 5.75. The van der Waals surface area contributed by atoms with E-state index in [9.17, 15) is 9.18 Å². The van der Waals surface area contributed by atoms with Crippen LogP contribution >= 0.6 is 11.3 Å². The van der Waals surface area contributed by atoms with Gasteiger partial charge in [0.15, 0.2) is 11.6 Å². The van der Waals surface area contributed by atoms with Crippen LogP contribution in [-0.4, -0.2) is 11.0 Å². The monoisotopic (exact) mass is 263 g/mol. The number of nitrogens with zero attached hydrogens (tertiary/aromatic N) is 1. The predicted octanol–water partition coefficient (Wildman–Crippen LogP) is 3.21. The molecule has 0 saturated carbocycles. The second-order valence-electron chi connectivity index (χ2n) is 3.48. The molecule has 92 valence electrons. The number of ether oxygens (including phenoxy) is 1. The van der Waals surface area contributed by atoms with Gasteiger partial charge in [0.25, 0.3) is 0 Å². The number of carbonyl (C=O) groups is 1. The van der Waals surface area contributed by atoms with Crippen molar-refractivity contribution in [2.45, 2.75) is 6.92 Å². The number of benzene rings is 1. The lowest BCUT2D eigenvalue weighted by molar-refractivity contribution is -0.129. The third-order valence-electron chi connectivity index (χ3n) is 2.07. The molecule has 0 atom stereocenters. The molecule has 5 heteroatoms. The Morgan fingerprint density at radius 3 is 2.89 bits per heavy atom. The Morgan fingerprint density at radius 1 is 1.44 bits per heavy atom. The van der Waals surface area contributed by atoms with Crippen molar-refractivity contribution in [3.63, 3.8) is 0 Å². The van der Waals surface area contributed by atoms with Crippen LogP contribution in [0.2, 0.25) is 0 Å². The molecule has 0 aliphatic rings. The van der Waals surface area contributed by atoms with Crippen molar-refractivity contribution in [3.05, 3.63) is 52.2 Å². The molecule has 2 rings (SSSR count). The molecule has 0 unspecified atom stereocenters. The molecule has 0 aliphatic heterocycles. The van der Waals surface area contributed by atoms with E-state index in [1.165, 1.54) is 41.7 Å². The van der Waals surface area contributed by atoms with Gasteiger partial charge in [-0.25, -0.2) is 14.2 Å². The van der Waals surface area contributed by atoms with Crippen LogP contribution in [0.3, 0.4) is 0 Å². The minimum Gasteiger partial charge on any atom is -0.420 e. The third-order valence-corrected chi connectivity index (χ3v) is 2.87. The largest absolute Gasteiger partial charge is 0.420 e. The lowest BCUT2D eigenvalue weighted by Gasteiger charge is -2.01. The van der Waals surface area contributed by atoms with Crippen LogP contribution in [0.5, 0.6) is 5.75 Å². The van der Waals surface area contributed by atoms with Gasteiger partial charge in [-0.1, -0.05) is 12.1 Å². The van der Waals surface area contributed by atoms with Crippen molar-refractivity contribution >= 4 is 23.4 Å². The zero-order valence-corrected chi connectivity index (χ0v) is 10.4. The summed E-state index contributed by atoms with van der Waals surface area (Å²) in [5.74, 6) is -1.28. The van der Waals surface area contributed by atoms with Crippen LogP contribution in [-0.2, 0) is 4.79 Å². The summed E-state index contributed by atoms with van der Waals surface area (Å²) >= 11 is 1.49. The number of hydrogen-bond acceptors (Lipinski definition) is 4. The van der Waals surface area contributed by atoms with E-state index in [2.05, 4.69) is 4.98 Å². The molecule has 0 fully saturated rings. The maximum absolute atomic E-state index is 13.2. The third kappa shape index (κ3) is 3.24. The Labute approximate surface area is 108 Å². The van der Waals surface area contributed by atoms with Crippen molar-refractivity contribution in [1.29, 1.82) is 0 Å². The van der Waals surface area contributed by atoms with Gasteiger partial charge in [0.05, 0.1) is 10.7 Å². The Kier molecular flexibility index (Phi) is 3.84. The molecule has 3 nitrogen and oxygen atoms in total. The van der Waals surface area contributed by atoms with E-state index in [4.69, 9.17) is 4.74 Å². The summed E-state index contributed by atoms with van der Waals surface area (Å²) in [7, 11) is 0. The Hall–Kier alpha value is -2.01. The molecule has 0 radical (unpaired) electrons. The molecule has 0 aliphatic carbocycles. The number of esters is 1. The molecule has 0 amide bonds. The molecule has 0 N–H and O–H groups in total. The van der Waals surface area contributed by atoms with Crippen LogP contribution in [0.4, 0.5) is 4.39 Å². The number of aromatic nitrogens is 1. The van der Waals surface area contributed by atoms with Gasteiger partial charge in [0.2, 0.25) is 0 Å². The predicted molar refractivity (Wildman–Crippen MR) is 67.9 cm³/mol. The summed E-state index contributed by atoms with van der Waals surface area (Å²) < 4.78 is 18.1. The number of thiazole rings is 1. The molecule has 1 heterocycles. The van der Waals surface area contributed by atoms with Crippen LogP contribution in [0.15, 0.2) is 35.7 Å². The molecular weight excluding hydrogens is 253 g/mol. The van der Waals surface area contributed by atoms with Crippen molar-refractivity contribution in [2.75, 3.05) is 0 Å². The maximum atomic E-state index is 13.2.